The summed E-state index contributed by atoms with van der Waals surface area (Å²) in [4.78, 5) is 16.7. The number of nitrogens with zero attached hydrogens (tertiary/aromatic N) is 6. The molecule has 112 valence electrons. The highest BCUT2D eigenvalue weighted by Crippen LogP contribution is 2.32. The fourth-order valence-corrected chi connectivity index (χ4v) is 2.64. The van der Waals surface area contributed by atoms with E-state index in [9.17, 15) is 0 Å². The quantitative estimate of drug-likeness (QED) is 0.552. The molecule has 0 bridgehead atoms. The molecule has 0 radical (unpaired) electrons. The molecule has 9 nitrogen and oxygen atoms in total. The van der Waals surface area contributed by atoms with Crippen molar-refractivity contribution < 1.29 is 0 Å². The maximum atomic E-state index is 5.42. The minimum atomic E-state index is 0.289. The maximum Gasteiger partial charge on any atom is 0.258 e. The predicted octanol–water partition coefficient (Wildman–Crippen LogP) is 0.584. The Balaban J connectivity index is 1.86. The van der Waals surface area contributed by atoms with Gasteiger partial charge in [-0.1, -0.05) is 13.8 Å². The molecule has 0 aliphatic heterocycles. The van der Waals surface area contributed by atoms with Crippen molar-refractivity contribution in [3.8, 4) is 5.95 Å². The Hall–Kier alpha value is -2.29. The number of nitrogen functional groups attached to an aromatic ring is 1. The van der Waals surface area contributed by atoms with Crippen molar-refractivity contribution in [2.75, 3.05) is 10.7 Å². The van der Waals surface area contributed by atoms with Crippen molar-refractivity contribution in [1.82, 2.24) is 29.7 Å². The van der Waals surface area contributed by atoms with E-state index >= 15 is 0 Å². The summed E-state index contributed by atoms with van der Waals surface area (Å²) in [5.41, 5.74) is 2.45. The van der Waals surface area contributed by atoms with Crippen LogP contribution < -0.4 is 16.6 Å². The Morgan fingerprint density at radius 2 is 2.00 bits per heavy atom. The van der Waals surface area contributed by atoms with Gasteiger partial charge in [-0.25, -0.2) is 10.8 Å². The monoisotopic (exact) mass is 289 g/mol. The van der Waals surface area contributed by atoms with Crippen molar-refractivity contribution >= 4 is 11.9 Å². The zero-order valence-corrected chi connectivity index (χ0v) is 12.1. The summed E-state index contributed by atoms with van der Waals surface area (Å²) in [6, 6.07) is 0.358. The van der Waals surface area contributed by atoms with Crippen LogP contribution in [0.15, 0.2) is 12.7 Å². The Labute approximate surface area is 122 Å². The SMILES string of the molecule is CC1CCC(Nc2nc(NN)nc(-n3cncn3)n2)C1C. The molecule has 21 heavy (non-hydrogen) atoms. The van der Waals surface area contributed by atoms with Crippen LogP contribution in [0.3, 0.4) is 0 Å². The standard InChI is InChI=1S/C12H19N9/c1-7-3-4-9(8(7)2)16-10-17-11(20-13)19-12(18-10)21-6-14-5-15-21/h5-9H,3-4,13H2,1-2H3,(H2,16,17,18,19,20). The molecule has 1 aliphatic carbocycles. The number of anilines is 2. The molecular formula is C12H19N9. The summed E-state index contributed by atoms with van der Waals surface area (Å²) >= 11 is 0. The van der Waals surface area contributed by atoms with Crippen LogP contribution in [0.2, 0.25) is 0 Å². The number of aromatic nitrogens is 6. The minimum Gasteiger partial charge on any atom is -0.351 e. The highest BCUT2D eigenvalue weighted by Gasteiger charge is 2.30. The van der Waals surface area contributed by atoms with Gasteiger partial charge in [0.25, 0.3) is 5.95 Å². The topological polar surface area (TPSA) is 119 Å². The van der Waals surface area contributed by atoms with Crippen molar-refractivity contribution in [3.05, 3.63) is 12.7 Å². The normalized spacial score (nSPS) is 25.0. The first-order valence-corrected chi connectivity index (χ1v) is 7.01. The molecule has 2 aromatic heterocycles. The van der Waals surface area contributed by atoms with E-state index in [1.807, 2.05) is 0 Å². The van der Waals surface area contributed by atoms with Crippen LogP contribution in [0, 0.1) is 11.8 Å². The largest absolute Gasteiger partial charge is 0.351 e. The summed E-state index contributed by atoms with van der Waals surface area (Å²) in [7, 11) is 0. The molecule has 0 amide bonds. The second kappa shape index (κ2) is 5.60. The van der Waals surface area contributed by atoms with E-state index in [0.29, 0.717) is 29.8 Å². The lowest BCUT2D eigenvalue weighted by Gasteiger charge is -2.19. The second-order valence-electron chi connectivity index (χ2n) is 5.43. The Morgan fingerprint density at radius 1 is 1.19 bits per heavy atom. The first-order chi connectivity index (χ1) is 10.2. The molecule has 0 aromatic carbocycles. The average molecular weight is 289 g/mol. The van der Waals surface area contributed by atoms with E-state index in [4.69, 9.17) is 5.84 Å². The van der Waals surface area contributed by atoms with Gasteiger partial charge >= 0.3 is 0 Å². The van der Waals surface area contributed by atoms with Gasteiger partial charge in [0.2, 0.25) is 11.9 Å². The molecule has 2 heterocycles. The van der Waals surface area contributed by atoms with E-state index in [1.165, 1.54) is 23.8 Å². The van der Waals surface area contributed by atoms with Gasteiger partial charge < -0.3 is 5.32 Å². The van der Waals surface area contributed by atoms with E-state index in [1.54, 1.807) is 0 Å². The highest BCUT2D eigenvalue weighted by molar-refractivity contribution is 5.37. The van der Waals surface area contributed by atoms with Gasteiger partial charge in [0.15, 0.2) is 0 Å². The maximum absolute atomic E-state index is 5.42. The summed E-state index contributed by atoms with van der Waals surface area (Å²) in [6.45, 7) is 4.52. The first kappa shape index (κ1) is 13.7. The number of nitrogens with two attached hydrogens (primary N) is 1. The Kier molecular flexibility index (Phi) is 3.65. The molecule has 3 rings (SSSR count). The molecule has 0 spiro atoms. The van der Waals surface area contributed by atoms with Crippen LogP contribution in [-0.4, -0.2) is 35.8 Å². The van der Waals surface area contributed by atoms with Crippen molar-refractivity contribution in [2.45, 2.75) is 32.7 Å². The zero-order valence-electron chi connectivity index (χ0n) is 12.1. The van der Waals surface area contributed by atoms with Crippen LogP contribution in [0.1, 0.15) is 26.7 Å². The van der Waals surface area contributed by atoms with Crippen LogP contribution in [0.25, 0.3) is 5.95 Å². The third kappa shape index (κ3) is 2.77. The zero-order chi connectivity index (χ0) is 14.8. The van der Waals surface area contributed by atoms with Crippen LogP contribution >= 0.6 is 0 Å². The Morgan fingerprint density at radius 3 is 2.62 bits per heavy atom. The average Bonchev–Trinajstić information content (AvgIpc) is 3.13. The number of hydrogen-bond acceptors (Lipinski definition) is 8. The lowest BCUT2D eigenvalue weighted by molar-refractivity contribution is 0.434. The minimum absolute atomic E-state index is 0.289. The third-order valence-corrected chi connectivity index (χ3v) is 4.16. The lowest BCUT2D eigenvalue weighted by atomic mass is 9.98. The predicted molar refractivity (Wildman–Crippen MR) is 77.5 cm³/mol. The van der Waals surface area contributed by atoms with Gasteiger partial charge in [-0.2, -0.15) is 24.7 Å². The van der Waals surface area contributed by atoms with Gasteiger partial charge in [-0.15, -0.1) is 0 Å². The number of hydrogen-bond donors (Lipinski definition) is 3. The molecule has 3 atom stereocenters. The smallest absolute Gasteiger partial charge is 0.258 e. The second-order valence-corrected chi connectivity index (χ2v) is 5.43. The van der Waals surface area contributed by atoms with E-state index in [-0.39, 0.29) is 5.95 Å². The molecule has 2 aromatic rings. The summed E-state index contributed by atoms with van der Waals surface area (Å²) in [6.07, 6.45) is 5.27. The third-order valence-electron chi connectivity index (χ3n) is 4.16. The number of rotatable bonds is 4. The molecule has 1 saturated carbocycles. The molecule has 1 aliphatic rings. The fraction of sp³-hybridized carbons (Fsp3) is 0.583. The molecule has 3 unspecified atom stereocenters. The van der Waals surface area contributed by atoms with Gasteiger partial charge in [-0.05, 0) is 24.7 Å². The van der Waals surface area contributed by atoms with E-state index < -0.39 is 0 Å². The molecule has 0 saturated heterocycles. The van der Waals surface area contributed by atoms with E-state index in [0.717, 1.165) is 6.42 Å². The van der Waals surface area contributed by atoms with Gasteiger partial charge in [0, 0.05) is 6.04 Å². The van der Waals surface area contributed by atoms with Gasteiger partial charge in [0.1, 0.15) is 12.7 Å². The van der Waals surface area contributed by atoms with Crippen LogP contribution in [0.5, 0.6) is 0 Å². The molecule has 9 heteroatoms. The van der Waals surface area contributed by atoms with E-state index in [2.05, 4.69) is 49.6 Å². The molecular weight excluding hydrogens is 270 g/mol. The first-order valence-electron chi connectivity index (χ1n) is 7.01. The highest BCUT2D eigenvalue weighted by atomic mass is 15.4. The van der Waals surface area contributed by atoms with Crippen molar-refractivity contribution in [1.29, 1.82) is 0 Å². The fourth-order valence-electron chi connectivity index (χ4n) is 2.64. The number of hydrazine groups is 1. The van der Waals surface area contributed by atoms with Gasteiger partial charge in [-0.3, -0.25) is 5.43 Å². The summed E-state index contributed by atoms with van der Waals surface area (Å²) < 4.78 is 1.47. The lowest BCUT2D eigenvalue weighted by Crippen LogP contribution is -2.26. The van der Waals surface area contributed by atoms with Crippen LogP contribution in [0.4, 0.5) is 11.9 Å². The van der Waals surface area contributed by atoms with Crippen molar-refractivity contribution in [2.24, 2.45) is 17.7 Å². The van der Waals surface area contributed by atoms with Gasteiger partial charge in [0.05, 0.1) is 0 Å². The number of nitrogens with one attached hydrogen (secondary N) is 2. The molecule has 4 N–H and O–H groups in total. The summed E-state index contributed by atoms with van der Waals surface area (Å²) in [5.74, 6) is 7.85. The van der Waals surface area contributed by atoms with Crippen LogP contribution in [-0.2, 0) is 0 Å². The van der Waals surface area contributed by atoms with Crippen molar-refractivity contribution in [3.63, 3.8) is 0 Å². The summed E-state index contributed by atoms with van der Waals surface area (Å²) in [5, 5.41) is 7.40. The molecule has 1 fully saturated rings. The Bertz CT molecular complexity index is 597.